The molecule has 25 heavy (non-hydrogen) atoms. The molecule has 8 heteroatoms. The summed E-state index contributed by atoms with van der Waals surface area (Å²) in [5, 5.41) is 6.01. The number of halogens is 2. The number of rotatable bonds is 5. The molecular weight excluding hydrogens is 365 g/mol. The molecule has 1 aliphatic rings. The molecule has 1 fully saturated rings. The Hall–Kier alpha value is -1.79. The van der Waals surface area contributed by atoms with Gasteiger partial charge in [0.25, 0.3) is 5.91 Å². The second kappa shape index (κ2) is 8.54. The molecule has 136 valence electrons. The van der Waals surface area contributed by atoms with Crippen molar-refractivity contribution in [3.63, 3.8) is 0 Å². The average molecular weight is 386 g/mol. The standard InChI is InChI=1S/C17H21Cl2N3O3/c1-10(2)21-15(23)9-20-16(24)14-4-3-5-22(14)17(25)11-6-12(18)8-13(19)7-11/h6-8,10,14H,3-5,9H2,1-2H3,(H,20,24)(H,21,23). The lowest BCUT2D eigenvalue weighted by Gasteiger charge is -2.24. The van der Waals surface area contributed by atoms with E-state index in [1.165, 1.54) is 17.0 Å². The van der Waals surface area contributed by atoms with Gasteiger partial charge in [0.1, 0.15) is 6.04 Å². The zero-order valence-electron chi connectivity index (χ0n) is 14.1. The molecule has 1 aromatic carbocycles. The maximum atomic E-state index is 12.7. The first kappa shape index (κ1) is 19.5. The van der Waals surface area contributed by atoms with Crippen molar-refractivity contribution in [3.8, 4) is 0 Å². The van der Waals surface area contributed by atoms with Gasteiger partial charge in [0, 0.05) is 28.2 Å². The summed E-state index contributed by atoms with van der Waals surface area (Å²) < 4.78 is 0. The van der Waals surface area contributed by atoms with Crippen LogP contribution in [-0.4, -0.2) is 47.8 Å². The minimum absolute atomic E-state index is 0.00142. The van der Waals surface area contributed by atoms with Gasteiger partial charge < -0.3 is 15.5 Å². The SMILES string of the molecule is CC(C)NC(=O)CNC(=O)C1CCCN1C(=O)c1cc(Cl)cc(Cl)c1. The van der Waals surface area contributed by atoms with Crippen molar-refractivity contribution < 1.29 is 14.4 Å². The van der Waals surface area contributed by atoms with Gasteiger partial charge in [0.05, 0.1) is 6.54 Å². The highest BCUT2D eigenvalue weighted by molar-refractivity contribution is 6.35. The van der Waals surface area contributed by atoms with Crippen LogP contribution in [0.3, 0.4) is 0 Å². The molecule has 1 saturated heterocycles. The first-order valence-corrected chi connectivity index (χ1v) is 8.87. The third-order valence-corrected chi connectivity index (χ3v) is 4.24. The Kier molecular flexibility index (Phi) is 6.67. The summed E-state index contributed by atoms with van der Waals surface area (Å²) in [6, 6.07) is 4.00. The van der Waals surface area contributed by atoms with Crippen LogP contribution in [0.4, 0.5) is 0 Å². The van der Waals surface area contributed by atoms with Crippen LogP contribution in [0.5, 0.6) is 0 Å². The van der Waals surface area contributed by atoms with Crippen molar-refractivity contribution >= 4 is 40.9 Å². The van der Waals surface area contributed by atoms with Gasteiger partial charge in [-0.05, 0) is 44.9 Å². The monoisotopic (exact) mass is 385 g/mol. The molecule has 0 aliphatic carbocycles. The smallest absolute Gasteiger partial charge is 0.254 e. The highest BCUT2D eigenvalue weighted by Gasteiger charge is 2.34. The number of carbonyl (C=O) groups excluding carboxylic acids is 3. The molecule has 1 aromatic rings. The number of hydrogen-bond acceptors (Lipinski definition) is 3. The van der Waals surface area contributed by atoms with E-state index in [0.29, 0.717) is 28.6 Å². The average Bonchev–Trinajstić information content (AvgIpc) is 2.99. The number of likely N-dealkylation sites (tertiary alicyclic amines) is 1. The molecule has 0 aromatic heterocycles. The fourth-order valence-electron chi connectivity index (χ4n) is 2.78. The summed E-state index contributed by atoms with van der Waals surface area (Å²) in [4.78, 5) is 38.2. The molecule has 2 rings (SSSR count). The lowest BCUT2D eigenvalue weighted by Crippen LogP contribution is -2.48. The van der Waals surface area contributed by atoms with Gasteiger partial charge in [-0.25, -0.2) is 0 Å². The Morgan fingerprint density at radius 3 is 2.44 bits per heavy atom. The highest BCUT2D eigenvalue weighted by Crippen LogP contribution is 2.24. The van der Waals surface area contributed by atoms with Crippen LogP contribution in [0.1, 0.15) is 37.0 Å². The zero-order valence-corrected chi connectivity index (χ0v) is 15.7. The predicted octanol–water partition coefficient (Wildman–Crippen LogP) is 2.24. The van der Waals surface area contributed by atoms with E-state index in [1.54, 1.807) is 6.07 Å². The van der Waals surface area contributed by atoms with Gasteiger partial charge >= 0.3 is 0 Å². The molecule has 0 saturated carbocycles. The molecule has 1 heterocycles. The maximum Gasteiger partial charge on any atom is 0.254 e. The van der Waals surface area contributed by atoms with Gasteiger partial charge in [-0.2, -0.15) is 0 Å². The molecule has 0 spiro atoms. The van der Waals surface area contributed by atoms with Crippen molar-refractivity contribution in [3.05, 3.63) is 33.8 Å². The third kappa shape index (κ3) is 5.34. The molecular formula is C17H21Cl2N3O3. The Balaban J connectivity index is 2.02. The van der Waals surface area contributed by atoms with Crippen molar-refractivity contribution in [1.82, 2.24) is 15.5 Å². The first-order chi connectivity index (χ1) is 11.8. The molecule has 3 amide bonds. The van der Waals surface area contributed by atoms with Crippen LogP contribution in [0.25, 0.3) is 0 Å². The molecule has 2 N–H and O–H groups in total. The number of hydrogen-bond donors (Lipinski definition) is 2. The Bertz CT molecular complexity index is 659. The quantitative estimate of drug-likeness (QED) is 0.815. The summed E-state index contributed by atoms with van der Waals surface area (Å²) in [5.74, 6) is -0.896. The molecule has 0 bridgehead atoms. The summed E-state index contributed by atoms with van der Waals surface area (Å²) >= 11 is 11.9. The van der Waals surface area contributed by atoms with Gasteiger partial charge in [0.2, 0.25) is 11.8 Å². The van der Waals surface area contributed by atoms with E-state index < -0.39 is 6.04 Å². The predicted molar refractivity (Wildman–Crippen MR) is 96.8 cm³/mol. The summed E-state index contributed by atoms with van der Waals surface area (Å²) in [5.41, 5.74) is 0.342. The number of carbonyl (C=O) groups is 3. The fraction of sp³-hybridized carbons (Fsp3) is 0.471. The molecule has 0 radical (unpaired) electrons. The minimum atomic E-state index is -0.600. The molecule has 6 nitrogen and oxygen atoms in total. The Labute approximate surface area is 156 Å². The van der Waals surface area contributed by atoms with Crippen LogP contribution < -0.4 is 10.6 Å². The largest absolute Gasteiger partial charge is 0.352 e. The molecule has 1 unspecified atom stereocenters. The van der Waals surface area contributed by atoms with Crippen LogP contribution in [0, 0.1) is 0 Å². The first-order valence-electron chi connectivity index (χ1n) is 8.12. The van der Waals surface area contributed by atoms with E-state index in [1.807, 2.05) is 13.8 Å². The topological polar surface area (TPSA) is 78.5 Å². The Morgan fingerprint density at radius 1 is 1.20 bits per heavy atom. The van der Waals surface area contributed by atoms with Crippen molar-refractivity contribution in [2.75, 3.05) is 13.1 Å². The molecule has 1 aliphatic heterocycles. The number of nitrogens with zero attached hydrogens (tertiary/aromatic N) is 1. The second-order valence-corrected chi connectivity index (χ2v) is 7.13. The fourth-order valence-corrected chi connectivity index (χ4v) is 3.31. The summed E-state index contributed by atoms with van der Waals surface area (Å²) in [6.07, 6.45) is 1.27. The van der Waals surface area contributed by atoms with E-state index in [9.17, 15) is 14.4 Å². The van der Waals surface area contributed by atoms with E-state index in [2.05, 4.69) is 10.6 Å². The number of amides is 3. The van der Waals surface area contributed by atoms with Gasteiger partial charge in [-0.3, -0.25) is 14.4 Å². The Morgan fingerprint density at radius 2 is 1.84 bits per heavy atom. The number of benzene rings is 1. The highest BCUT2D eigenvalue weighted by atomic mass is 35.5. The van der Waals surface area contributed by atoms with E-state index in [4.69, 9.17) is 23.2 Å². The third-order valence-electron chi connectivity index (χ3n) is 3.80. The van der Waals surface area contributed by atoms with Crippen LogP contribution in [-0.2, 0) is 9.59 Å². The lowest BCUT2D eigenvalue weighted by molar-refractivity contribution is -0.128. The van der Waals surface area contributed by atoms with E-state index in [0.717, 1.165) is 6.42 Å². The van der Waals surface area contributed by atoms with Crippen LogP contribution in [0.2, 0.25) is 10.0 Å². The van der Waals surface area contributed by atoms with Gasteiger partial charge in [0.15, 0.2) is 0 Å². The van der Waals surface area contributed by atoms with Crippen LogP contribution in [0.15, 0.2) is 18.2 Å². The zero-order chi connectivity index (χ0) is 18.6. The van der Waals surface area contributed by atoms with E-state index in [-0.39, 0.29) is 30.3 Å². The molecule has 1 atom stereocenters. The van der Waals surface area contributed by atoms with Gasteiger partial charge in [-0.1, -0.05) is 23.2 Å². The maximum absolute atomic E-state index is 12.7. The normalized spacial score (nSPS) is 16.8. The minimum Gasteiger partial charge on any atom is -0.352 e. The van der Waals surface area contributed by atoms with Crippen molar-refractivity contribution in [2.45, 2.75) is 38.8 Å². The second-order valence-electron chi connectivity index (χ2n) is 6.25. The summed E-state index contributed by atoms with van der Waals surface area (Å²) in [6.45, 7) is 4.04. The lowest BCUT2D eigenvalue weighted by atomic mass is 10.1. The summed E-state index contributed by atoms with van der Waals surface area (Å²) in [7, 11) is 0. The van der Waals surface area contributed by atoms with Gasteiger partial charge in [-0.15, -0.1) is 0 Å². The van der Waals surface area contributed by atoms with Crippen molar-refractivity contribution in [1.29, 1.82) is 0 Å². The van der Waals surface area contributed by atoms with Crippen LogP contribution >= 0.6 is 23.2 Å². The van der Waals surface area contributed by atoms with Crippen molar-refractivity contribution in [2.24, 2.45) is 0 Å². The number of nitrogens with one attached hydrogen (secondary N) is 2. The van der Waals surface area contributed by atoms with E-state index >= 15 is 0 Å².